The first-order valence-corrected chi connectivity index (χ1v) is 4.42. The van der Waals surface area contributed by atoms with Crippen LogP contribution in [0.25, 0.3) is 0 Å². The highest BCUT2D eigenvalue weighted by Gasteiger charge is 2.02. The molecule has 5 heteroatoms. The van der Waals surface area contributed by atoms with Crippen LogP contribution in [0.3, 0.4) is 0 Å². The molecule has 0 saturated carbocycles. The van der Waals surface area contributed by atoms with Gasteiger partial charge in [-0.2, -0.15) is 0 Å². The van der Waals surface area contributed by atoms with Crippen molar-refractivity contribution >= 4 is 17.3 Å². The summed E-state index contributed by atoms with van der Waals surface area (Å²) in [6, 6.07) is 0. The zero-order valence-corrected chi connectivity index (χ0v) is 8.01. The number of nitrogens with two attached hydrogens (primary N) is 1. The van der Waals surface area contributed by atoms with Crippen LogP contribution in [0.2, 0.25) is 0 Å². The van der Waals surface area contributed by atoms with Crippen molar-refractivity contribution in [1.29, 1.82) is 0 Å². The predicted molar refractivity (Wildman–Crippen MR) is 51.1 cm³/mol. The van der Waals surface area contributed by atoms with E-state index in [-0.39, 0.29) is 0 Å². The Morgan fingerprint density at radius 1 is 1.83 bits per heavy atom. The van der Waals surface area contributed by atoms with Gasteiger partial charge in [-0.15, -0.1) is 11.3 Å². The van der Waals surface area contributed by atoms with Crippen LogP contribution in [0, 0.1) is 0 Å². The number of rotatable bonds is 2. The minimum Gasteiger partial charge on any atom is -0.370 e. The van der Waals surface area contributed by atoms with Gasteiger partial charge in [-0.05, 0) is 0 Å². The van der Waals surface area contributed by atoms with Crippen LogP contribution >= 0.6 is 11.3 Å². The molecule has 0 aliphatic rings. The largest absolute Gasteiger partial charge is 0.370 e. The Kier molecular flexibility index (Phi) is 3.04. The minimum absolute atomic E-state index is 0.545. The first-order valence-electron chi connectivity index (χ1n) is 3.54. The van der Waals surface area contributed by atoms with Gasteiger partial charge in [0.05, 0.1) is 12.1 Å². The monoisotopic (exact) mass is 184 g/mol. The van der Waals surface area contributed by atoms with Gasteiger partial charge >= 0.3 is 0 Å². The van der Waals surface area contributed by atoms with Gasteiger partial charge in [0.15, 0.2) is 5.96 Å². The van der Waals surface area contributed by atoms with Gasteiger partial charge in [0.25, 0.3) is 0 Å². The molecule has 0 aliphatic carbocycles. The van der Waals surface area contributed by atoms with E-state index in [0.717, 1.165) is 6.54 Å². The van der Waals surface area contributed by atoms with Crippen LogP contribution < -0.4 is 5.73 Å². The molecule has 1 aromatic heterocycles. The van der Waals surface area contributed by atoms with Gasteiger partial charge in [-0.1, -0.05) is 0 Å². The van der Waals surface area contributed by atoms with Crippen molar-refractivity contribution < 1.29 is 0 Å². The molecule has 66 valence electrons. The molecule has 2 N–H and O–H groups in total. The van der Waals surface area contributed by atoms with Crippen LogP contribution in [-0.4, -0.2) is 29.9 Å². The Labute approximate surface area is 75.7 Å². The van der Waals surface area contributed by atoms with Gasteiger partial charge < -0.3 is 10.6 Å². The second-order valence-corrected chi connectivity index (χ2v) is 3.38. The van der Waals surface area contributed by atoms with Gasteiger partial charge in [0.2, 0.25) is 0 Å². The number of hydrogen-bond acceptors (Lipinski definition) is 3. The van der Waals surface area contributed by atoms with Crippen molar-refractivity contribution in [3.05, 3.63) is 16.6 Å². The van der Waals surface area contributed by atoms with E-state index < -0.39 is 0 Å². The van der Waals surface area contributed by atoms with E-state index >= 15 is 0 Å². The number of thiazole rings is 1. The molecule has 12 heavy (non-hydrogen) atoms. The summed E-state index contributed by atoms with van der Waals surface area (Å²) in [6.07, 6.45) is 1.84. The summed E-state index contributed by atoms with van der Waals surface area (Å²) < 4.78 is 0. The first-order chi connectivity index (χ1) is 5.74. The average Bonchev–Trinajstić information content (AvgIpc) is 2.55. The summed E-state index contributed by atoms with van der Waals surface area (Å²) in [5.74, 6) is 0.545. The minimum atomic E-state index is 0.545. The normalized spacial score (nSPS) is 11.7. The van der Waals surface area contributed by atoms with Crippen LogP contribution in [0.5, 0.6) is 0 Å². The number of guanidine groups is 1. The Balaban J connectivity index is 2.53. The summed E-state index contributed by atoms with van der Waals surface area (Å²) in [5.41, 5.74) is 7.40. The van der Waals surface area contributed by atoms with E-state index in [1.807, 2.05) is 23.7 Å². The van der Waals surface area contributed by atoms with E-state index in [4.69, 9.17) is 5.73 Å². The Morgan fingerprint density at radius 2 is 2.58 bits per heavy atom. The fraction of sp³-hybridized carbons (Fsp3) is 0.429. The van der Waals surface area contributed by atoms with Gasteiger partial charge in [-0.25, -0.2) is 0 Å². The number of aromatic nitrogens is 1. The van der Waals surface area contributed by atoms with Crippen molar-refractivity contribution in [3.63, 3.8) is 0 Å². The molecule has 1 heterocycles. The van der Waals surface area contributed by atoms with Gasteiger partial charge in [0, 0.05) is 25.2 Å². The highest BCUT2D eigenvalue weighted by molar-refractivity contribution is 7.09. The molecule has 0 aromatic carbocycles. The molecule has 4 nitrogen and oxygen atoms in total. The van der Waals surface area contributed by atoms with Crippen LogP contribution in [0.4, 0.5) is 0 Å². The molecule has 0 amide bonds. The summed E-state index contributed by atoms with van der Waals surface area (Å²) in [5, 5.41) is 0. The number of nitrogens with zero attached hydrogens (tertiary/aromatic N) is 3. The predicted octanol–water partition coefficient (Wildman–Crippen LogP) is 0.519. The second-order valence-electron chi connectivity index (χ2n) is 2.41. The second kappa shape index (κ2) is 4.06. The van der Waals surface area contributed by atoms with Gasteiger partial charge in [-0.3, -0.25) is 9.98 Å². The fourth-order valence-corrected chi connectivity index (χ4v) is 1.45. The lowest BCUT2D eigenvalue weighted by Crippen LogP contribution is -2.32. The number of hydrogen-bond donors (Lipinski definition) is 1. The lowest BCUT2D eigenvalue weighted by atomic mass is 10.5. The summed E-state index contributed by atoms with van der Waals surface area (Å²) >= 11 is 1.62. The zero-order valence-electron chi connectivity index (χ0n) is 7.19. The lowest BCUT2D eigenvalue weighted by molar-refractivity contribution is 0.498. The molecule has 0 spiro atoms. The molecule has 1 aromatic rings. The molecule has 0 bridgehead atoms. The first kappa shape index (κ1) is 8.99. The van der Waals surface area contributed by atoms with Crippen molar-refractivity contribution in [2.45, 2.75) is 6.54 Å². The average molecular weight is 184 g/mol. The third kappa shape index (κ3) is 2.20. The summed E-state index contributed by atoms with van der Waals surface area (Å²) in [4.78, 5) is 10.9. The van der Waals surface area contributed by atoms with Crippen LogP contribution in [0.1, 0.15) is 4.88 Å². The van der Waals surface area contributed by atoms with Crippen molar-refractivity contribution in [2.24, 2.45) is 10.7 Å². The van der Waals surface area contributed by atoms with E-state index in [9.17, 15) is 0 Å². The Morgan fingerprint density at radius 3 is 3.08 bits per heavy atom. The highest BCUT2D eigenvalue weighted by atomic mass is 32.1. The topological polar surface area (TPSA) is 54.5 Å². The van der Waals surface area contributed by atoms with Crippen molar-refractivity contribution in [2.75, 3.05) is 14.1 Å². The van der Waals surface area contributed by atoms with Crippen molar-refractivity contribution in [1.82, 2.24) is 9.88 Å². The maximum absolute atomic E-state index is 5.59. The Bertz CT molecular complexity index is 254. The molecule has 0 fully saturated rings. The van der Waals surface area contributed by atoms with E-state index in [2.05, 4.69) is 9.98 Å². The zero-order chi connectivity index (χ0) is 8.97. The maximum atomic E-state index is 5.59. The molecule has 0 unspecified atom stereocenters. The molecule has 0 atom stereocenters. The standard InChI is InChI=1S/C7H12N4S/c1-9-7(8)11(2)4-6-3-10-5-12-6/h3,5H,4H2,1-2H3,(H2,8,9). The van der Waals surface area contributed by atoms with Crippen molar-refractivity contribution in [3.8, 4) is 0 Å². The van der Waals surface area contributed by atoms with Crippen LogP contribution in [0.15, 0.2) is 16.7 Å². The van der Waals surface area contributed by atoms with E-state index in [0.29, 0.717) is 5.96 Å². The summed E-state index contributed by atoms with van der Waals surface area (Å²) in [7, 11) is 3.58. The third-order valence-corrected chi connectivity index (χ3v) is 2.26. The SMILES string of the molecule is CN=C(N)N(C)Cc1cncs1. The molecular formula is C7H12N4S. The van der Waals surface area contributed by atoms with E-state index in [1.54, 1.807) is 18.4 Å². The molecule has 0 radical (unpaired) electrons. The molecular weight excluding hydrogens is 172 g/mol. The fourth-order valence-electron chi connectivity index (χ4n) is 0.806. The summed E-state index contributed by atoms with van der Waals surface area (Å²) in [6.45, 7) is 0.772. The quantitative estimate of drug-likeness (QED) is 0.538. The lowest BCUT2D eigenvalue weighted by Gasteiger charge is -2.15. The molecule has 0 saturated heterocycles. The van der Waals surface area contributed by atoms with Crippen LogP contribution in [-0.2, 0) is 6.54 Å². The highest BCUT2D eigenvalue weighted by Crippen LogP contribution is 2.07. The van der Waals surface area contributed by atoms with Gasteiger partial charge in [0.1, 0.15) is 0 Å². The maximum Gasteiger partial charge on any atom is 0.191 e. The number of aliphatic imine (C=N–C) groups is 1. The molecule has 1 rings (SSSR count). The third-order valence-electron chi connectivity index (χ3n) is 1.50. The van der Waals surface area contributed by atoms with E-state index in [1.165, 1.54) is 4.88 Å². The Hall–Kier alpha value is -1.10. The molecule has 0 aliphatic heterocycles. The smallest absolute Gasteiger partial charge is 0.191 e.